The lowest BCUT2D eigenvalue weighted by atomic mass is 9.92. The van der Waals surface area contributed by atoms with Crippen LogP contribution in [0.1, 0.15) is 53.7 Å². The van der Waals surface area contributed by atoms with E-state index < -0.39 is 62.9 Å². The first kappa shape index (κ1) is 27.1. The Kier molecular flexibility index (Phi) is 6.50. The largest absolute Gasteiger partial charge is 0.416 e. The van der Waals surface area contributed by atoms with Gasteiger partial charge in [0.15, 0.2) is 9.84 Å². The van der Waals surface area contributed by atoms with Gasteiger partial charge in [0, 0.05) is 11.1 Å². The van der Waals surface area contributed by atoms with Crippen LogP contribution in [0.15, 0.2) is 47.4 Å². The molecule has 1 saturated carbocycles. The lowest BCUT2D eigenvalue weighted by Gasteiger charge is -2.32. The zero-order valence-corrected chi connectivity index (χ0v) is 21.4. The first-order valence-corrected chi connectivity index (χ1v) is 14.0. The maximum Gasteiger partial charge on any atom is 0.416 e. The molecule has 0 aromatic heterocycles. The van der Waals surface area contributed by atoms with Gasteiger partial charge in [-0.1, -0.05) is 30.9 Å². The predicted molar refractivity (Wildman–Crippen MR) is 130 cm³/mol. The Morgan fingerprint density at radius 1 is 1.18 bits per heavy atom. The number of hydrogen-bond donors (Lipinski definition) is 2. The molecular weight excluding hydrogens is 540 g/mol. The van der Waals surface area contributed by atoms with Crippen LogP contribution in [0.25, 0.3) is 0 Å². The van der Waals surface area contributed by atoms with Crippen molar-refractivity contribution < 1.29 is 40.7 Å². The molecule has 3 aliphatic rings. The monoisotopic (exact) mass is 564 g/mol. The standard InChI is InChI=1S/C27H24F4N2O5S/c1-2-39(37,38)18-5-3-4-16(12-18)25(35)33-21-9-6-15(21)13-22(33)24(34)32-23(26(36)10-11-26)19-8-7-17(14-20(19)28)27(29,30)31/h3-5,7-8,12,14-15,21-23,36H,2,10-11,13H2,1H3,(H,32,34)/t15-,21-,22-,23+/m1/s1. The molecule has 2 fully saturated rings. The van der Waals surface area contributed by atoms with E-state index in [9.17, 15) is 40.7 Å². The average molecular weight is 565 g/mol. The maximum absolute atomic E-state index is 14.8. The van der Waals surface area contributed by atoms with E-state index in [2.05, 4.69) is 17.2 Å². The molecule has 0 unspecified atom stereocenters. The van der Waals surface area contributed by atoms with Gasteiger partial charge in [0.05, 0.1) is 33.8 Å². The molecule has 1 aliphatic heterocycles. The summed E-state index contributed by atoms with van der Waals surface area (Å²) < 4.78 is 78.6. The summed E-state index contributed by atoms with van der Waals surface area (Å²) in [6.45, 7) is 1.48. The molecule has 2 aliphatic carbocycles. The Hall–Kier alpha value is -3.43. The number of sulfone groups is 1. The second kappa shape index (κ2) is 9.34. The van der Waals surface area contributed by atoms with Crippen molar-refractivity contribution in [1.82, 2.24) is 10.2 Å². The van der Waals surface area contributed by atoms with E-state index in [0.29, 0.717) is 12.1 Å². The summed E-state index contributed by atoms with van der Waals surface area (Å²) in [6, 6.07) is 4.32. The zero-order chi connectivity index (χ0) is 28.3. The van der Waals surface area contributed by atoms with Crippen molar-refractivity contribution in [2.75, 3.05) is 5.75 Å². The number of carbonyl (C=O) groups is 2. The van der Waals surface area contributed by atoms with Crippen LogP contribution in [-0.4, -0.2) is 53.7 Å². The Morgan fingerprint density at radius 2 is 1.90 bits per heavy atom. The molecule has 5 rings (SSSR count). The lowest BCUT2D eigenvalue weighted by molar-refractivity contribution is -0.137. The van der Waals surface area contributed by atoms with Crippen LogP contribution in [0.2, 0.25) is 0 Å². The maximum atomic E-state index is 14.8. The number of halogens is 4. The number of benzene rings is 2. The lowest BCUT2D eigenvalue weighted by Crippen LogP contribution is -2.51. The van der Waals surface area contributed by atoms with Crippen LogP contribution < -0.4 is 5.32 Å². The second-order valence-electron chi connectivity index (χ2n) is 10.0. The van der Waals surface area contributed by atoms with E-state index >= 15 is 0 Å². The molecule has 0 bridgehead atoms. The quantitative estimate of drug-likeness (QED) is 0.397. The van der Waals surface area contributed by atoms with Gasteiger partial charge >= 0.3 is 6.18 Å². The third kappa shape index (κ3) is 4.89. The summed E-state index contributed by atoms with van der Waals surface area (Å²) in [4.78, 5) is 28.3. The number of rotatable bonds is 7. The van der Waals surface area contributed by atoms with Crippen molar-refractivity contribution in [2.45, 2.75) is 61.0 Å². The summed E-state index contributed by atoms with van der Waals surface area (Å²) >= 11 is 0. The number of alkyl halides is 3. The van der Waals surface area contributed by atoms with Gasteiger partial charge in [0.25, 0.3) is 5.91 Å². The predicted octanol–water partition coefficient (Wildman–Crippen LogP) is 3.24. The molecule has 7 nitrogen and oxygen atoms in total. The van der Waals surface area contributed by atoms with Crippen molar-refractivity contribution in [3.63, 3.8) is 0 Å². The number of nitrogens with one attached hydrogen (secondary N) is 1. The molecule has 206 valence electrons. The number of carbonyl (C=O) groups excluding carboxylic acids is 2. The van der Waals surface area contributed by atoms with Crippen molar-refractivity contribution in [1.29, 1.82) is 0 Å². The van der Waals surface area contributed by atoms with E-state index in [4.69, 9.17) is 0 Å². The highest BCUT2D eigenvalue weighted by Gasteiger charge is 2.53. The molecule has 39 heavy (non-hydrogen) atoms. The third-order valence-electron chi connectivity index (χ3n) is 7.49. The van der Waals surface area contributed by atoms with Gasteiger partial charge in [-0.2, -0.15) is 13.2 Å². The summed E-state index contributed by atoms with van der Waals surface area (Å²) in [6.07, 6.45) is -4.23. The van der Waals surface area contributed by atoms with Crippen molar-refractivity contribution in [2.24, 2.45) is 5.92 Å². The highest BCUT2D eigenvalue weighted by molar-refractivity contribution is 7.91. The number of fused-ring (bicyclic) bond motifs is 1. The van der Waals surface area contributed by atoms with Gasteiger partial charge in [-0.05, 0) is 49.6 Å². The Balaban J connectivity index is 1.43. The van der Waals surface area contributed by atoms with Crippen LogP contribution >= 0.6 is 0 Å². The SMILES string of the molecule is CCS(=O)(=O)c1cccc(C(=O)N2[C@@H](C(=O)N[C@@H](c3ccc(C(F)(F)F)cc3F)C3(O)CC3)C[C@H]3C#C[C@H]32)c1. The van der Waals surface area contributed by atoms with Crippen molar-refractivity contribution >= 4 is 21.7 Å². The molecule has 12 heteroatoms. The summed E-state index contributed by atoms with van der Waals surface area (Å²) in [5, 5.41) is 13.4. The first-order chi connectivity index (χ1) is 18.2. The van der Waals surface area contributed by atoms with Crippen LogP contribution in [0.5, 0.6) is 0 Å². The molecule has 2 amide bonds. The Labute approximate surface area is 222 Å². The van der Waals surface area contributed by atoms with Crippen LogP contribution in [0.3, 0.4) is 0 Å². The molecular formula is C27H24F4N2O5S. The summed E-state index contributed by atoms with van der Waals surface area (Å²) in [7, 11) is -3.60. The molecule has 4 atom stereocenters. The minimum atomic E-state index is -4.77. The highest BCUT2D eigenvalue weighted by Crippen LogP contribution is 2.47. The fourth-order valence-corrected chi connectivity index (χ4v) is 5.93. The Bertz CT molecular complexity index is 1520. The summed E-state index contributed by atoms with van der Waals surface area (Å²) in [5.41, 5.74) is -3.01. The number of aliphatic hydroxyl groups is 1. The number of amides is 2. The zero-order valence-electron chi connectivity index (χ0n) is 20.6. The van der Waals surface area contributed by atoms with Gasteiger partial charge in [0.1, 0.15) is 17.9 Å². The van der Waals surface area contributed by atoms with Crippen molar-refractivity contribution in [3.8, 4) is 11.8 Å². The van der Waals surface area contributed by atoms with Crippen LogP contribution in [0, 0.1) is 23.6 Å². The van der Waals surface area contributed by atoms with Gasteiger partial charge in [-0.25, -0.2) is 12.8 Å². The van der Waals surface area contributed by atoms with Gasteiger partial charge in [-0.15, -0.1) is 0 Å². The van der Waals surface area contributed by atoms with E-state index in [1.54, 1.807) is 0 Å². The van der Waals surface area contributed by atoms with E-state index in [0.717, 1.165) is 6.07 Å². The van der Waals surface area contributed by atoms with Gasteiger partial charge in [0.2, 0.25) is 5.91 Å². The number of hydrogen-bond acceptors (Lipinski definition) is 5. The van der Waals surface area contributed by atoms with Gasteiger partial charge < -0.3 is 15.3 Å². The van der Waals surface area contributed by atoms with E-state index in [1.165, 1.54) is 36.1 Å². The van der Waals surface area contributed by atoms with E-state index in [-0.39, 0.29) is 47.0 Å². The van der Waals surface area contributed by atoms with Crippen LogP contribution in [-0.2, 0) is 20.8 Å². The van der Waals surface area contributed by atoms with E-state index in [1.807, 2.05) is 0 Å². The average Bonchev–Trinajstić information content (AvgIpc) is 3.56. The smallest absolute Gasteiger partial charge is 0.387 e. The molecule has 0 spiro atoms. The first-order valence-electron chi connectivity index (χ1n) is 12.3. The molecule has 0 radical (unpaired) electrons. The molecule has 1 heterocycles. The normalized spacial score (nSPS) is 23.6. The molecule has 2 aromatic carbocycles. The minimum absolute atomic E-state index is 0.0407. The fraction of sp³-hybridized carbons (Fsp3) is 0.407. The summed E-state index contributed by atoms with van der Waals surface area (Å²) in [5.74, 6) is 2.69. The fourth-order valence-electron chi connectivity index (χ4n) is 5.01. The third-order valence-corrected chi connectivity index (χ3v) is 9.22. The number of nitrogens with zero attached hydrogens (tertiary/aromatic N) is 1. The minimum Gasteiger partial charge on any atom is -0.387 e. The topological polar surface area (TPSA) is 104 Å². The number of likely N-dealkylation sites (tertiary alicyclic amines) is 1. The highest BCUT2D eigenvalue weighted by atomic mass is 32.2. The Morgan fingerprint density at radius 3 is 2.46 bits per heavy atom. The molecule has 2 N–H and O–H groups in total. The van der Waals surface area contributed by atoms with Crippen molar-refractivity contribution in [3.05, 3.63) is 65.0 Å². The molecule has 1 saturated heterocycles. The van der Waals surface area contributed by atoms with Crippen LogP contribution in [0.4, 0.5) is 17.6 Å². The molecule has 2 aromatic rings. The van der Waals surface area contributed by atoms with Gasteiger partial charge in [-0.3, -0.25) is 9.59 Å². The second-order valence-corrected chi connectivity index (χ2v) is 12.3.